The summed E-state index contributed by atoms with van der Waals surface area (Å²) in [5.74, 6) is 2.39. The topological polar surface area (TPSA) is 39.7 Å². The zero-order valence-electron chi connectivity index (χ0n) is 15.0. The van der Waals surface area contributed by atoms with Crippen LogP contribution in [0.25, 0.3) is 0 Å². The van der Waals surface area contributed by atoms with E-state index in [1.807, 2.05) is 31.2 Å². The fourth-order valence-corrected chi connectivity index (χ4v) is 2.38. The summed E-state index contributed by atoms with van der Waals surface area (Å²) in [7, 11) is 1.66. The van der Waals surface area contributed by atoms with Crippen LogP contribution in [0.3, 0.4) is 0 Å². The summed E-state index contributed by atoms with van der Waals surface area (Å²) in [5, 5.41) is 3.30. The lowest BCUT2D eigenvalue weighted by atomic mass is 10.1. The maximum atomic E-state index is 5.81. The molecule has 4 nitrogen and oxygen atoms in total. The smallest absolute Gasteiger partial charge is 0.161 e. The maximum Gasteiger partial charge on any atom is 0.161 e. The molecule has 0 aliphatic carbocycles. The van der Waals surface area contributed by atoms with E-state index in [9.17, 15) is 0 Å². The Balaban J connectivity index is 1.88. The molecule has 0 unspecified atom stereocenters. The Morgan fingerprint density at radius 2 is 1.62 bits per heavy atom. The normalized spacial score (nSPS) is 10.5. The highest BCUT2D eigenvalue weighted by molar-refractivity contribution is 5.43. The van der Waals surface area contributed by atoms with Crippen molar-refractivity contribution in [1.82, 2.24) is 5.32 Å². The van der Waals surface area contributed by atoms with Gasteiger partial charge in [-0.15, -0.1) is 0 Å². The second-order valence-electron chi connectivity index (χ2n) is 5.73. The minimum atomic E-state index is 0.469. The molecular weight excluding hydrogens is 302 g/mol. The van der Waals surface area contributed by atoms with Gasteiger partial charge in [0, 0.05) is 6.54 Å². The van der Waals surface area contributed by atoms with Crippen LogP contribution in [0, 0.1) is 13.8 Å². The van der Waals surface area contributed by atoms with Crippen molar-refractivity contribution in [2.75, 3.05) is 26.9 Å². The summed E-state index contributed by atoms with van der Waals surface area (Å²) in [4.78, 5) is 0. The average Bonchev–Trinajstić information content (AvgIpc) is 2.60. The van der Waals surface area contributed by atoms with Gasteiger partial charge < -0.3 is 19.5 Å². The lowest BCUT2D eigenvalue weighted by Gasteiger charge is -2.14. The molecule has 0 fully saturated rings. The molecule has 0 amide bonds. The van der Waals surface area contributed by atoms with Gasteiger partial charge in [-0.1, -0.05) is 25.1 Å². The fourth-order valence-electron chi connectivity index (χ4n) is 2.38. The third-order valence-electron chi connectivity index (χ3n) is 3.75. The number of rotatable bonds is 9. The van der Waals surface area contributed by atoms with E-state index in [0.29, 0.717) is 13.2 Å². The number of ether oxygens (including phenoxy) is 3. The Bertz CT molecular complexity index is 655. The molecule has 0 aliphatic rings. The Hall–Kier alpha value is -2.20. The van der Waals surface area contributed by atoms with Crippen LogP contribution >= 0.6 is 0 Å². The summed E-state index contributed by atoms with van der Waals surface area (Å²) in [5.41, 5.74) is 3.49. The third-order valence-corrected chi connectivity index (χ3v) is 3.75. The van der Waals surface area contributed by atoms with Crippen molar-refractivity contribution in [3.05, 3.63) is 53.1 Å². The minimum Gasteiger partial charge on any atom is -0.493 e. The molecule has 0 atom stereocenters. The molecule has 0 saturated heterocycles. The van der Waals surface area contributed by atoms with Gasteiger partial charge in [0.15, 0.2) is 11.5 Å². The van der Waals surface area contributed by atoms with Crippen LogP contribution in [0.15, 0.2) is 36.4 Å². The highest BCUT2D eigenvalue weighted by Crippen LogP contribution is 2.28. The van der Waals surface area contributed by atoms with Crippen molar-refractivity contribution in [3.63, 3.8) is 0 Å². The van der Waals surface area contributed by atoms with Crippen molar-refractivity contribution < 1.29 is 14.2 Å². The van der Waals surface area contributed by atoms with Gasteiger partial charge in [-0.3, -0.25) is 0 Å². The van der Waals surface area contributed by atoms with Gasteiger partial charge >= 0.3 is 0 Å². The molecule has 0 heterocycles. The molecule has 0 spiro atoms. The summed E-state index contributed by atoms with van der Waals surface area (Å²) in [6.07, 6.45) is 0. The van der Waals surface area contributed by atoms with E-state index in [1.165, 1.54) is 11.1 Å². The lowest BCUT2D eigenvalue weighted by molar-refractivity contribution is 0.210. The van der Waals surface area contributed by atoms with Crippen LogP contribution in [-0.2, 0) is 6.54 Å². The van der Waals surface area contributed by atoms with Gasteiger partial charge in [0.1, 0.15) is 19.0 Å². The summed E-state index contributed by atoms with van der Waals surface area (Å²) in [6, 6.07) is 12.2. The minimum absolute atomic E-state index is 0.469. The first-order valence-electron chi connectivity index (χ1n) is 8.34. The van der Waals surface area contributed by atoms with E-state index in [-0.39, 0.29) is 0 Å². The van der Waals surface area contributed by atoms with Gasteiger partial charge in [-0.05, 0) is 55.3 Å². The second kappa shape index (κ2) is 9.18. The van der Waals surface area contributed by atoms with Crippen LogP contribution in [0.2, 0.25) is 0 Å². The number of aryl methyl sites for hydroxylation is 2. The molecule has 0 saturated carbocycles. The Morgan fingerprint density at radius 1 is 0.875 bits per heavy atom. The molecule has 4 heteroatoms. The van der Waals surface area contributed by atoms with Crippen LogP contribution in [0.4, 0.5) is 0 Å². The second-order valence-corrected chi connectivity index (χ2v) is 5.73. The number of hydrogen-bond acceptors (Lipinski definition) is 4. The van der Waals surface area contributed by atoms with Crippen molar-refractivity contribution in [2.45, 2.75) is 27.3 Å². The zero-order valence-corrected chi connectivity index (χ0v) is 15.0. The van der Waals surface area contributed by atoms with Crippen LogP contribution in [0.5, 0.6) is 17.2 Å². The SMILES string of the molecule is CCNCc1ccc(OCCOc2cc(C)ccc2C)c(OC)c1. The van der Waals surface area contributed by atoms with Gasteiger partial charge in [0.05, 0.1) is 7.11 Å². The molecule has 0 radical (unpaired) electrons. The molecule has 0 aromatic heterocycles. The highest BCUT2D eigenvalue weighted by Gasteiger charge is 2.06. The summed E-state index contributed by atoms with van der Waals surface area (Å²) < 4.78 is 17.0. The van der Waals surface area contributed by atoms with Gasteiger partial charge in [0.25, 0.3) is 0 Å². The van der Waals surface area contributed by atoms with Gasteiger partial charge in [-0.25, -0.2) is 0 Å². The van der Waals surface area contributed by atoms with E-state index in [4.69, 9.17) is 14.2 Å². The monoisotopic (exact) mass is 329 g/mol. The molecule has 0 aliphatic heterocycles. The van der Waals surface area contributed by atoms with Crippen molar-refractivity contribution in [2.24, 2.45) is 0 Å². The van der Waals surface area contributed by atoms with E-state index < -0.39 is 0 Å². The average molecular weight is 329 g/mol. The quantitative estimate of drug-likeness (QED) is 0.709. The molecule has 130 valence electrons. The van der Waals surface area contributed by atoms with E-state index in [2.05, 4.69) is 31.3 Å². The van der Waals surface area contributed by atoms with Crippen LogP contribution < -0.4 is 19.5 Å². The molecular formula is C20H27NO3. The zero-order chi connectivity index (χ0) is 17.4. The molecule has 0 bridgehead atoms. The van der Waals surface area contributed by atoms with Crippen LogP contribution in [0.1, 0.15) is 23.6 Å². The van der Waals surface area contributed by atoms with E-state index in [1.54, 1.807) is 7.11 Å². The van der Waals surface area contributed by atoms with E-state index >= 15 is 0 Å². The van der Waals surface area contributed by atoms with Crippen LogP contribution in [-0.4, -0.2) is 26.9 Å². The first-order valence-corrected chi connectivity index (χ1v) is 8.34. The maximum absolute atomic E-state index is 5.81. The number of hydrogen-bond donors (Lipinski definition) is 1. The number of benzene rings is 2. The molecule has 24 heavy (non-hydrogen) atoms. The van der Waals surface area contributed by atoms with Crippen molar-refractivity contribution in [3.8, 4) is 17.2 Å². The van der Waals surface area contributed by atoms with Crippen molar-refractivity contribution >= 4 is 0 Å². The summed E-state index contributed by atoms with van der Waals surface area (Å²) in [6.45, 7) is 8.91. The Labute approximate surface area is 144 Å². The summed E-state index contributed by atoms with van der Waals surface area (Å²) >= 11 is 0. The predicted octanol–water partition coefficient (Wildman–Crippen LogP) is 3.88. The molecule has 2 aromatic rings. The molecule has 1 N–H and O–H groups in total. The predicted molar refractivity (Wildman–Crippen MR) is 97.3 cm³/mol. The third kappa shape index (κ3) is 5.17. The van der Waals surface area contributed by atoms with Gasteiger partial charge in [0.2, 0.25) is 0 Å². The molecule has 2 aromatic carbocycles. The lowest BCUT2D eigenvalue weighted by Crippen LogP contribution is -2.12. The largest absolute Gasteiger partial charge is 0.493 e. The van der Waals surface area contributed by atoms with E-state index in [0.717, 1.165) is 35.9 Å². The standard InChI is InChI=1S/C20H27NO3/c1-5-21-14-17-8-9-18(20(13-17)22-4)23-10-11-24-19-12-15(2)6-7-16(19)3/h6-9,12-13,21H,5,10-11,14H2,1-4H3. The number of methoxy groups -OCH3 is 1. The number of nitrogens with one attached hydrogen (secondary N) is 1. The van der Waals surface area contributed by atoms with Crippen molar-refractivity contribution in [1.29, 1.82) is 0 Å². The molecule has 2 rings (SSSR count). The Morgan fingerprint density at radius 3 is 2.33 bits per heavy atom. The first-order chi connectivity index (χ1) is 11.6. The fraction of sp³-hybridized carbons (Fsp3) is 0.400. The van der Waals surface area contributed by atoms with Gasteiger partial charge in [-0.2, -0.15) is 0 Å². The highest BCUT2D eigenvalue weighted by atomic mass is 16.5. The Kier molecular flexibility index (Phi) is 6.94. The first kappa shape index (κ1) is 18.1.